The van der Waals surface area contributed by atoms with Gasteiger partial charge in [-0.2, -0.15) is 0 Å². The summed E-state index contributed by atoms with van der Waals surface area (Å²) in [6, 6.07) is 12.4. The minimum Gasteiger partial charge on any atom is -0.442 e. The van der Waals surface area contributed by atoms with E-state index < -0.39 is 12.2 Å². The first kappa shape index (κ1) is 27.4. The van der Waals surface area contributed by atoms with Gasteiger partial charge in [0.05, 0.1) is 34.6 Å². The quantitative estimate of drug-likeness (QED) is 0.458. The molecule has 9 nitrogen and oxygen atoms in total. The van der Waals surface area contributed by atoms with Gasteiger partial charge < -0.3 is 20.5 Å². The number of nitrogens with one attached hydrogen (secondary N) is 1. The Morgan fingerprint density at radius 2 is 2.00 bits per heavy atom. The van der Waals surface area contributed by atoms with E-state index in [4.69, 9.17) is 21.1 Å². The molecule has 192 valence electrons. The third-order valence-corrected chi connectivity index (χ3v) is 6.73. The topological polar surface area (TPSA) is 116 Å². The van der Waals surface area contributed by atoms with Gasteiger partial charge in [-0.25, -0.2) is 4.79 Å². The van der Waals surface area contributed by atoms with Crippen molar-refractivity contribution in [3.63, 3.8) is 0 Å². The molecule has 2 aromatic heterocycles. The lowest BCUT2D eigenvalue weighted by atomic mass is 10.1. The van der Waals surface area contributed by atoms with Gasteiger partial charge in [-0.3, -0.25) is 19.1 Å². The zero-order valence-corrected chi connectivity index (χ0v) is 21.9. The molecule has 0 aliphatic carbocycles. The Hall–Kier alpha value is -3.18. The summed E-state index contributed by atoms with van der Waals surface area (Å²) in [6.45, 7) is 2.66. The largest absolute Gasteiger partial charge is 0.442 e. The van der Waals surface area contributed by atoms with Crippen LogP contribution in [0.4, 0.5) is 10.5 Å². The summed E-state index contributed by atoms with van der Waals surface area (Å²) in [5.41, 5.74) is 7.21. The van der Waals surface area contributed by atoms with Crippen LogP contribution < -0.4 is 21.5 Å². The van der Waals surface area contributed by atoms with Gasteiger partial charge in [-0.15, -0.1) is 11.3 Å². The number of thiophene rings is 1. The number of pyridine rings is 1. The number of hydrogen-bond acceptors (Lipinski definition) is 7. The normalized spacial score (nSPS) is 14.8. The average molecular weight is 533 g/mol. The van der Waals surface area contributed by atoms with Crippen LogP contribution >= 0.6 is 22.9 Å². The monoisotopic (exact) mass is 532 g/mol. The predicted octanol–water partition coefficient (Wildman–Crippen LogP) is 3.59. The number of rotatable bonds is 8. The summed E-state index contributed by atoms with van der Waals surface area (Å²) in [5, 5.41) is 2.78. The number of methoxy groups -OCH3 is 1. The fraction of sp³-hybridized carbons (Fsp3) is 0.320. The maximum absolute atomic E-state index is 12.8. The third kappa shape index (κ3) is 6.14. The van der Waals surface area contributed by atoms with E-state index >= 15 is 0 Å². The lowest BCUT2D eigenvalue weighted by molar-refractivity contribution is 0.0920. The molecule has 2 amide bonds. The second kappa shape index (κ2) is 12.7. The van der Waals surface area contributed by atoms with E-state index in [1.165, 1.54) is 23.3 Å². The smallest absolute Gasteiger partial charge is 0.414 e. The number of hydrogen-bond donors (Lipinski definition) is 2. The van der Waals surface area contributed by atoms with Gasteiger partial charge in [0.25, 0.3) is 11.5 Å². The molecular weight excluding hydrogens is 504 g/mol. The van der Waals surface area contributed by atoms with Crippen LogP contribution in [0.2, 0.25) is 4.34 Å². The molecule has 1 aliphatic rings. The third-order valence-electron chi connectivity index (χ3n) is 5.50. The summed E-state index contributed by atoms with van der Waals surface area (Å²) < 4.78 is 12.9. The van der Waals surface area contributed by atoms with Crippen LogP contribution in [0.3, 0.4) is 0 Å². The van der Waals surface area contributed by atoms with Gasteiger partial charge in [0.1, 0.15) is 6.10 Å². The molecule has 4 rings (SSSR count). The van der Waals surface area contributed by atoms with Crippen molar-refractivity contribution in [1.82, 2.24) is 9.88 Å². The van der Waals surface area contributed by atoms with E-state index in [0.717, 1.165) is 5.56 Å². The Kier molecular flexibility index (Phi) is 9.65. The highest BCUT2D eigenvalue weighted by molar-refractivity contribution is 7.18. The van der Waals surface area contributed by atoms with Crippen LogP contribution in [0.1, 0.15) is 27.7 Å². The van der Waals surface area contributed by atoms with Crippen LogP contribution in [-0.2, 0) is 22.5 Å². The highest BCUT2D eigenvalue weighted by Crippen LogP contribution is 2.27. The van der Waals surface area contributed by atoms with E-state index in [0.29, 0.717) is 32.6 Å². The first-order valence-corrected chi connectivity index (χ1v) is 12.5. The van der Waals surface area contributed by atoms with Crippen LogP contribution in [0.15, 0.2) is 53.5 Å². The van der Waals surface area contributed by atoms with Gasteiger partial charge >= 0.3 is 6.09 Å². The van der Waals surface area contributed by atoms with Crippen LogP contribution in [0, 0.1) is 0 Å². The minimum absolute atomic E-state index is 0.0847. The molecule has 1 saturated heterocycles. The standard InChI is InChI=1S/C24H24ClN3O5S.CH5N/c1-3-15-5-4-10-27(23(15)30)19-7-6-17(11-16(19)14-32-2)28-13-18(33-24(28)31)12-26-22(29)20-8-9-21(25)34-20;1-2/h4-11,18H,3,12-14H2,1-2H3,(H,26,29);2H2,1H3. The highest BCUT2D eigenvalue weighted by atomic mass is 35.5. The lowest BCUT2D eigenvalue weighted by Crippen LogP contribution is -2.34. The molecule has 3 N–H and O–H groups in total. The van der Waals surface area contributed by atoms with Gasteiger partial charge in [-0.05, 0) is 49.9 Å². The van der Waals surface area contributed by atoms with Crippen molar-refractivity contribution < 1.29 is 19.1 Å². The molecule has 1 unspecified atom stereocenters. The minimum atomic E-state index is -0.500. The molecule has 1 aliphatic heterocycles. The molecule has 1 aromatic carbocycles. The number of amides is 2. The van der Waals surface area contributed by atoms with E-state index in [2.05, 4.69) is 11.1 Å². The number of aromatic nitrogens is 1. The Labute approximate surface area is 218 Å². The molecule has 3 aromatic rings. The summed E-state index contributed by atoms with van der Waals surface area (Å²) in [4.78, 5) is 39.6. The Morgan fingerprint density at radius 1 is 1.22 bits per heavy atom. The number of anilines is 1. The molecule has 0 bridgehead atoms. The Balaban J connectivity index is 0.00000176. The van der Waals surface area contributed by atoms with Crippen molar-refractivity contribution in [3.05, 3.63) is 79.4 Å². The molecular formula is C25H29ClN4O5S. The predicted molar refractivity (Wildman–Crippen MR) is 142 cm³/mol. The fourth-order valence-corrected chi connectivity index (χ4v) is 4.77. The summed E-state index contributed by atoms with van der Waals surface area (Å²) in [7, 11) is 3.07. The number of carbonyl (C=O) groups excluding carboxylic acids is 2. The van der Waals surface area contributed by atoms with Crippen molar-refractivity contribution in [2.24, 2.45) is 5.73 Å². The van der Waals surface area contributed by atoms with E-state index in [-0.39, 0.29) is 31.2 Å². The molecule has 1 fully saturated rings. The second-order valence-electron chi connectivity index (χ2n) is 7.74. The Morgan fingerprint density at radius 3 is 2.67 bits per heavy atom. The summed E-state index contributed by atoms with van der Waals surface area (Å²) >= 11 is 7.07. The van der Waals surface area contributed by atoms with E-state index in [1.54, 1.807) is 42.1 Å². The van der Waals surface area contributed by atoms with Gasteiger partial charge in [-0.1, -0.05) is 24.6 Å². The zero-order chi connectivity index (χ0) is 26.2. The van der Waals surface area contributed by atoms with Crippen molar-refractivity contribution in [1.29, 1.82) is 0 Å². The molecule has 1 atom stereocenters. The zero-order valence-electron chi connectivity index (χ0n) is 20.3. The van der Waals surface area contributed by atoms with Crippen LogP contribution in [0.25, 0.3) is 5.69 Å². The number of nitrogens with two attached hydrogens (primary N) is 1. The summed E-state index contributed by atoms with van der Waals surface area (Å²) in [6.07, 6.45) is 1.36. The number of carbonyl (C=O) groups is 2. The van der Waals surface area contributed by atoms with Gasteiger partial charge in [0.2, 0.25) is 0 Å². The maximum Gasteiger partial charge on any atom is 0.414 e. The van der Waals surface area contributed by atoms with Crippen molar-refractivity contribution in [2.75, 3.05) is 32.1 Å². The number of cyclic esters (lactones) is 1. The number of halogens is 1. The molecule has 0 radical (unpaired) electrons. The maximum atomic E-state index is 12.8. The summed E-state index contributed by atoms with van der Waals surface area (Å²) in [5.74, 6) is -0.266. The van der Waals surface area contributed by atoms with Crippen LogP contribution in [0.5, 0.6) is 0 Å². The number of nitrogens with zero attached hydrogens (tertiary/aromatic N) is 2. The number of ether oxygens (including phenoxy) is 2. The fourth-order valence-electron chi connectivity index (χ4n) is 3.81. The highest BCUT2D eigenvalue weighted by Gasteiger charge is 2.33. The number of aryl methyl sites for hydroxylation is 1. The molecule has 0 spiro atoms. The lowest BCUT2D eigenvalue weighted by Gasteiger charge is -2.18. The van der Waals surface area contributed by atoms with Crippen molar-refractivity contribution in [2.45, 2.75) is 26.1 Å². The molecule has 3 heterocycles. The molecule has 36 heavy (non-hydrogen) atoms. The SMILES string of the molecule is CCc1cccn(-c2ccc(N3CC(CNC(=O)c4ccc(Cl)s4)OC3=O)cc2COC)c1=O.CN. The van der Waals surface area contributed by atoms with Gasteiger partial charge in [0, 0.05) is 30.1 Å². The first-order valence-electron chi connectivity index (χ1n) is 11.3. The molecule has 11 heteroatoms. The molecule has 0 saturated carbocycles. The Bertz CT molecular complexity index is 1280. The second-order valence-corrected chi connectivity index (χ2v) is 9.45. The van der Waals surface area contributed by atoms with Crippen molar-refractivity contribution >= 4 is 40.6 Å². The van der Waals surface area contributed by atoms with E-state index in [9.17, 15) is 14.4 Å². The first-order chi connectivity index (χ1) is 17.4. The average Bonchev–Trinajstić information content (AvgIpc) is 3.49. The van der Waals surface area contributed by atoms with Crippen molar-refractivity contribution in [3.8, 4) is 5.69 Å². The van der Waals surface area contributed by atoms with Crippen LogP contribution in [-0.4, -0.2) is 49.9 Å². The number of benzene rings is 1. The van der Waals surface area contributed by atoms with E-state index in [1.807, 2.05) is 25.1 Å². The van der Waals surface area contributed by atoms with Gasteiger partial charge in [0.15, 0.2) is 0 Å².